The Morgan fingerprint density at radius 1 is 1.08 bits per heavy atom. The first-order valence-electron chi connectivity index (χ1n) is 5.18. The van der Waals surface area contributed by atoms with E-state index in [0.717, 1.165) is 32.2 Å². The van der Waals surface area contributed by atoms with Gasteiger partial charge in [0.15, 0.2) is 0 Å². The summed E-state index contributed by atoms with van der Waals surface area (Å²) in [6.45, 7) is 6.85. The quantitative estimate of drug-likeness (QED) is 0.540. The molecule has 0 aromatic rings. The molecule has 2 saturated heterocycles. The lowest BCUT2D eigenvalue weighted by molar-refractivity contribution is 0.0995. The number of likely N-dealkylation sites (tertiary alicyclic amines) is 1. The third-order valence-corrected chi connectivity index (χ3v) is 3.23. The topological polar surface area (TPSA) is 35.7 Å². The molecule has 0 saturated carbocycles. The Kier molecular flexibility index (Phi) is 2.83. The summed E-state index contributed by atoms with van der Waals surface area (Å²) < 4.78 is 0. The van der Waals surface area contributed by atoms with Gasteiger partial charge in [-0.05, 0) is 20.0 Å². The van der Waals surface area contributed by atoms with Gasteiger partial charge < -0.3 is 4.90 Å². The summed E-state index contributed by atoms with van der Waals surface area (Å²) in [7, 11) is 2.21. The highest BCUT2D eigenvalue weighted by atomic mass is 15.4. The molecule has 4 heteroatoms. The van der Waals surface area contributed by atoms with Crippen molar-refractivity contribution in [2.24, 2.45) is 5.84 Å². The number of nitrogens with zero attached hydrogens (tertiary/aromatic N) is 3. The fourth-order valence-corrected chi connectivity index (χ4v) is 2.31. The van der Waals surface area contributed by atoms with Crippen molar-refractivity contribution >= 4 is 0 Å². The molecule has 4 nitrogen and oxygen atoms in total. The molecule has 0 amide bonds. The van der Waals surface area contributed by atoms with Crippen molar-refractivity contribution in [3.8, 4) is 0 Å². The minimum Gasteiger partial charge on any atom is -0.305 e. The summed E-state index contributed by atoms with van der Waals surface area (Å²) in [6.07, 6.45) is 1.33. The van der Waals surface area contributed by atoms with E-state index in [1.807, 2.05) is 5.01 Å². The monoisotopic (exact) mass is 184 g/mol. The van der Waals surface area contributed by atoms with Gasteiger partial charge in [0.25, 0.3) is 0 Å². The Bertz CT molecular complexity index is 165. The summed E-state index contributed by atoms with van der Waals surface area (Å²) in [5, 5.41) is 1.93. The number of hydrogen-bond donors (Lipinski definition) is 1. The van der Waals surface area contributed by atoms with E-state index >= 15 is 0 Å². The zero-order chi connectivity index (χ0) is 9.26. The molecule has 0 aliphatic carbocycles. The first-order chi connectivity index (χ1) is 6.25. The number of rotatable bonds is 1. The van der Waals surface area contributed by atoms with Crippen LogP contribution in [0.2, 0.25) is 0 Å². The maximum Gasteiger partial charge on any atom is 0.0257 e. The van der Waals surface area contributed by atoms with Gasteiger partial charge in [0.2, 0.25) is 0 Å². The van der Waals surface area contributed by atoms with E-state index < -0.39 is 0 Å². The van der Waals surface area contributed by atoms with E-state index in [-0.39, 0.29) is 0 Å². The Morgan fingerprint density at radius 2 is 1.77 bits per heavy atom. The van der Waals surface area contributed by atoms with Crippen LogP contribution in [0.4, 0.5) is 0 Å². The van der Waals surface area contributed by atoms with Gasteiger partial charge >= 0.3 is 0 Å². The average Bonchev–Trinajstić information content (AvgIpc) is 2.53. The van der Waals surface area contributed by atoms with Gasteiger partial charge in [-0.2, -0.15) is 0 Å². The molecule has 2 N–H and O–H groups in total. The highest BCUT2D eigenvalue weighted by Crippen LogP contribution is 2.14. The van der Waals surface area contributed by atoms with Crippen LogP contribution in [0.3, 0.4) is 0 Å². The molecule has 76 valence electrons. The number of piperazine rings is 1. The van der Waals surface area contributed by atoms with E-state index in [9.17, 15) is 0 Å². The molecular formula is C9H20N4. The smallest absolute Gasteiger partial charge is 0.0257 e. The normalized spacial score (nSPS) is 34.2. The summed E-state index contributed by atoms with van der Waals surface area (Å²) in [4.78, 5) is 5.01. The second kappa shape index (κ2) is 3.92. The number of likely N-dealkylation sites (N-methyl/N-ethyl adjacent to an activating group) is 1. The molecule has 13 heavy (non-hydrogen) atoms. The predicted octanol–water partition coefficient (Wildman–Crippen LogP) is -0.818. The molecular weight excluding hydrogens is 164 g/mol. The van der Waals surface area contributed by atoms with Crippen LogP contribution < -0.4 is 5.84 Å². The molecule has 0 spiro atoms. The average molecular weight is 184 g/mol. The van der Waals surface area contributed by atoms with Crippen molar-refractivity contribution in [3.05, 3.63) is 0 Å². The maximum absolute atomic E-state index is 5.72. The second-order valence-corrected chi connectivity index (χ2v) is 4.28. The molecule has 2 heterocycles. The molecule has 0 aromatic carbocycles. The van der Waals surface area contributed by atoms with Crippen molar-refractivity contribution in [1.29, 1.82) is 0 Å². The van der Waals surface area contributed by atoms with Crippen LogP contribution in [-0.2, 0) is 0 Å². The highest BCUT2D eigenvalue weighted by molar-refractivity contribution is 4.84. The zero-order valence-corrected chi connectivity index (χ0v) is 8.45. The van der Waals surface area contributed by atoms with E-state index in [1.165, 1.54) is 19.5 Å². The number of hydrazine groups is 1. The zero-order valence-electron chi connectivity index (χ0n) is 8.45. The van der Waals surface area contributed by atoms with E-state index in [0.29, 0.717) is 0 Å². The van der Waals surface area contributed by atoms with Gasteiger partial charge in [-0.25, -0.2) is 5.01 Å². The van der Waals surface area contributed by atoms with Gasteiger partial charge in [0.1, 0.15) is 0 Å². The molecule has 2 aliphatic heterocycles. The number of nitrogens with two attached hydrogens (primary N) is 1. The van der Waals surface area contributed by atoms with Crippen LogP contribution in [0, 0.1) is 0 Å². The van der Waals surface area contributed by atoms with E-state index in [2.05, 4.69) is 16.8 Å². The molecule has 2 aliphatic rings. The first kappa shape index (κ1) is 9.40. The molecule has 2 fully saturated rings. The fourth-order valence-electron chi connectivity index (χ4n) is 2.31. The summed E-state index contributed by atoms with van der Waals surface area (Å²) >= 11 is 0. The van der Waals surface area contributed by atoms with Crippen molar-refractivity contribution in [1.82, 2.24) is 14.8 Å². The molecule has 0 radical (unpaired) electrons. The van der Waals surface area contributed by atoms with Gasteiger partial charge in [0, 0.05) is 38.8 Å². The van der Waals surface area contributed by atoms with Crippen LogP contribution in [0.1, 0.15) is 6.42 Å². The standard InChI is InChI=1S/C9H20N4/c1-11-3-2-9(8-11)12-4-6-13(10)7-5-12/h9H,2-8,10H2,1H3. The van der Waals surface area contributed by atoms with Gasteiger partial charge in [-0.15, -0.1) is 0 Å². The lowest BCUT2D eigenvalue weighted by atomic mass is 10.2. The number of hydrogen-bond acceptors (Lipinski definition) is 4. The lowest BCUT2D eigenvalue weighted by Gasteiger charge is -2.35. The van der Waals surface area contributed by atoms with Crippen LogP contribution in [0.5, 0.6) is 0 Å². The predicted molar refractivity (Wildman–Crippen MR) is 53.2 cm³/mol. The lowest BCUT2D eigenvalue weighted by Crippen LogP contribution is -2.53. The van der Waals surface area contributed by atoms with Crippen molar-refractivity contribution in [2.75, 3.05) is 46.3 Å². The van der Waals surface area contributed by atoms with Gasteiger partial charge in [-0.3, -0.25) is 10.7 Å². The van der Waals surface area contributed by atoms with Crippen LogP contribution in [0.25, 0.3) is 0 Å². The Hall–Kier alpha value is -0.160. The third-order valence-electron chi connectivity index (χ3n) is 3.23. The van der Waals surface area contributed by atoms with E-state index in [1.54, 1.807) is 0 Å². The van der Waals surface area contributed by atoms with E-state index in [4.69, 9.17) is 5.84 Å². The summed E-state index contributed by atoms with van der Waals surface area (Å²) in [6, 6.07) is 0.790. The first-order valence-corrected chi connectivity index (χ1v) is 5.18. The van der Waals surface area contributed by atoms with Crippen LogP contribution in [-0.4, -0.2) is 67.2 Å². The summed E-state index contributed by atoms with van der Waals surface area (Å²) in [5.74, 6) is 5.72. The molecule has 1 atom stereocenters. The highest BCUT2D eigenvalue weighted by Gasteiger charge is 2.27. The minimum atomic E-state index is 0.790. The van der Waals surface area contributed by atoms with Gasteiger partial charge in [0.05, 0.1) is 0 Å². The minimum absolute atomic E-state index is 0.790. The largest absolute Gasteiger partial charge is 0.305 e. The fraction of sp³-hybridized carbons (Fsp3) is 1.00. The van der Waals surface area contributed by atoms with Crippen molar-refractivity contribution < 1.29 is 0 Å². The maximum atomic E-state index is 5.72. The van der Waals surface area contributed by atoms with Crippen molar-refractivity contribution in [2.45, 2.75) is 12.5 Å². The molecule has 0 bridgehead atoms. The van der Waals surface area contributed by atoms with Crippen molar-refractivity contribution in [3.63, 3.8) is 0 Å². The SMILES string of the molecule is CN1CCC(N2CCN(N)CC2)C1. The van der Waals surface area contributed by atoms with Gasteiger partial charge in [-0.1, -0.05) is 0 Å². The molecule has 1 unspecified atom stereocenters. The molecule has 0 aromatic heterocycles. The second-order valence-electron chi connectivity index (χ2n) is 4.28. The van der Waals surface area contributed by atoms with Crippen LogP contribution in [0.15, 0.2) is 0 Å². The summed E-state index contributed by atoms with van der Waals surface area (Å²) in [5.41, 5.74) is 0. The third kappa shape index (κ3) is 2.20. The Balaban J connectivity index is 1.81. The van der Waals surface area contributed by atoms with Crippen LogP contribution >= 0.6 is 0 Å². The Labute approximate surface area is 80.2 Å². The Morgan fingerprint density at radius 3 is 2.31 bits per heavy atom. The molecule has 2 rings (SSSR count).